The summed E-state index contributed by atoms with van der Waals surface area (Å²) in [7, 11) is 1.34. The van der Waals surface area contributed by atoms with Crippen molar-refractivity contribution in [1.29, 1.82) is 0 Å². The van der Waals surface area contributed by atoms with Gasteiger partial charge in [-0.3, -0.25) is 0 Å². The number of hydrogen-bond donors (Lipinski definition) is 0. The zero-order chi connectivity index (χ0) is 9.84. The quantitative estimate of drug-likeness (QED) is 0.504. The summed E-state index contributed by atoms with van der Waals surface area (Å²) >= 11 is 0. The maximum atomic E-state index is 11.0. The van der Waals surface area contributed by atoms with E-state index in [0.717, 1.165) is 5.69 Å². The smallest absolute Gasteiger partial charge is 0.181 e. The summed E-state index contributed by atoms with van der Waals surface area (Å²) in [5.74, 6) is 0.489. The van der Waals surface area contributed by atoms with Crippen molar-refractivity contribution in [2.45, 2.75) is 6.92 Å². The van der Waals surface area contributed by atoms with Crippen LogP contribution in [-0.4, -0.2) is 12.0 Å². The third kappa shape index (κ3) is 2.10. The van der Waals surface area contributed by atoms with Crippen molar-refractivity contribution in [1.82, 2.24) is 4.98 Å². The Balaban J connectivity index is 3.12. The van der Waals surface area contributed by atoms with Crippen molar-refractivity contribution in [3.05, 3.63) is 23.0 Å². The lowest BCUT2D eigenvalue weighted by atomic mass is 10.3. The van der Waals surface area contributed by atoms with E-state index in [1.54, 1.807) is 19.1 Å². The Kier molecular flexibility index (Phi) is 2.72. The van der Waals surface area contributed by atoms with Crippen LogP contribution in [0.4, 0.5) is 5.82 Å². The van der Waals surface area contributed by atoms with E-state index in [9.17, 15) is 5.21 Å². The lowest BCUT2D eigenvalue weighted by Gasteiger charge is -2.24. The molecular weight excluding hydrogens is 168 g/mol. The average molecular weight is 177 g/mol. The van der Waals surface area contributed by atoms with Gasteiger partial charge in [0.05, 0.1) is 0 Å². The molecule has 68 valence electrons. The first-order chi connectivity index (χ1) is 6.15. The Morgan fingerprint density at radius 2 is 2.31 bits per heavy atom. The van der Waals surface area contributed by atoms with Crippen LogP contribution in [0.15, 0.2) is 12.1 Å². The fourth-order valence-electron chi connectivity index (χ4n) is 0.899. The van der Waals surface area contributed by atoms with Gasteiger partial charge in [0.15, 0.2) is 11.6 Å². The van der Waals surface area contributed by atoms with Gasteiger partial charge in [0, 0.05) is 5.69 Å². The maximum Gasteiger partial charge on any atom is 0.181 e. The molecular formula is C9H9N2O2-. The second-order valence-electron chi connectivity index (χ2n) is 2.49. The van der Waals surface area contributed by atoms with Crippen molar-refractivity contribution in [3.8, 4) is 18.3 Å². The van der Waals surface area contributed by atoms with Crippen LogP contribution in [0.3, 0.4) is 0 Å². The summed E-state index contributed by atoms with van der Waals surface area (Å²) in [6, 6.07) is 3.34. The number of aryl methyl sites for hydroxylation is 1. The SMILES string of the molecule is C#COc1ccc(C)nc1N(C)[O-]. The van der Waals surface area contributed by atoms with Gasteiger partial charge in [0.1, 0.15) is 6.11 Å². The lowest BCUT2D eigenvalue weighted by molar-refractivity contribution is 0.518. The van der Waals surface area contributed by atoms with E-state index in [0.29, 0.717) is 10.8 Å². The number of hydroxylamine groups is 1. The molecule has 0 radical (unpaired) electrons. The molecule has 0 fully saturated rings. The van der Waals surface area contributed by atoms with Crippen LogP contribution in [0.5, 0.6) is 5.75 Å². The molecule has 4 heteroatoms. The van der Waals surface area contributed by atoms with Crippen LogP contribution < -0.4 is 9.80 Å². The molecule has 13 heavy (non-hydrogen) atoms. The lowest BCUT2D eigenvalue weighted by Crippen LogP contribution is -2.10. The molecule has 0 aliphatic carbocycles. The van der Waals surface area contributed by atoms with E-state index >= 15 is 0 Å². The minimum atomic E-state index is 0.193. The number of nitrogens with zero attached hydrogens (tertiary/aromatic N) is 2. The Bertz CT molecular complexity index is 342. The van der Waals surface area contributed by atoms with Gasteiger partial charge in [0.25, 0.3) is 0 Å². The summed E-state index contributed by atoms with van der Waals surface area (Å²) < 4.78 is 4.78. The monoisotopic (exact) mass is 177 g/mol. The highest BCUT2D eigenvalue weighted by Gasteiger charge is 2.04. The van der Waals surface area contributed by atoms with Gasteiger partial charge in [-0.1, -0.05) is 6.42 Å². The van der Waals surface area contributed by atoms with E-state index in [1.807, 2.05) is 6.11 Å². The van der Waals surface area contributed by atoms with Gasteiger partial charge in [-0.05, 0) is 26.1 Å². The molecule has 1 heterocycles. The van der Waals surface area contributed by atoms with E-state index in [1.165, 1.54) is 7.05 Å². The Morgan fingerprint density at radius 3 is 2.85 bits per heavy atom. The molecule has 0 amide bonds. The Morgan fingerprint density at radius 1 is 1.62 bits per heavy atom. The molecule has 0 aliphatic heterocycles. The zero-order valence-electron chi connectivity index (χ0n) is 7.44. The fraction of sp³-hybridized carbons (Fsp3) is 0.222. The first-order valence-corrected chi connectivity index (χ1v) is 3.66. The van der Waals surface area contributed by atoms with Crippen LogP contribution in [0.2, 0.25) is 0 Å². The van der Waals surface area contributed by atoms with Gasteiger partial charge < -0.3 is 15.0 Å². The van der Waals surface area contributed by atoms with Gasteiger partial charge in [-0.2, -0.15) is 0 Å². The predicted octanol–water partition coefficient (Wildman–Crippen LogP) is 1.29. The van der Waals surface area contributed by atoms with Crippen molar-refractivity contribution >= 4 is 5.82 Å². The molecule has 1 aromatic rings. The van der Waals surface area contributed by atoms with Crippen LogP contribution in [-0.2, 0) is 0 Å². The molecule has 0 spiro atoms. The largest absolute Gasteiger partial charge is 0.757 e. The molecule has 0 unspecified atom stereocenters. The van der Waals surface area contributed by atoms with Crippen LogP contribution in [0.25, 0.3) is 0 Å². The highest BCUT2D eigenvalue weighted by molar-refractivity contribution is 5.53. The summed E-state index contributed by atoms with van der Waals surface area (Å²) in [5, 5.41) is 11.6. The van der Waals surface area contributed by atoms with Crippen LogP contribution in [0.1, 0.15) is 5.69 Å². The molecule has 1 rings (SSSR count). The minimum absolute atomic E-state index is 0.193. The van der Waals surface area contributed by atoms with E-state index in [4.69, 9.17) is 11.2 Å². The Hall–Kier alpha value is -1.73. The minimum Gasteiger partial charge on any atom is -0.757 e. The molecule has 4 nitrogen and oxygen atoms in total. The standard InChI is InChI=1S/C9H9N2O2/c1-4-13-8-6-5-7(2)10-9(8)11(3)12/h1,5-6H,2-3H3/q-1. The second-order valence-corrected chi connectivity index (χ2v) is 2.49. The highest BCUT2D eigenvalue weighted by Crippen LogP contribution is 2.24. The van der Waals surface area contributed by atoms with E-state index in [2.05, 4.69) is 4.98 Å². The number of anilines is 1. The summed E-state index contributed by atoms with van der Waals surface area (Å²) in [5.41, 5.74) is 0.738. The molecule has 0 N–H and O–H groups in total. The normalized spacial score (nSPS) is 9.08. The van der Waals surface area contributed by atoms with Crippen LogP contribution >= 0.6 is 0 Å². The van der Waals surface area contributed by atoms with Gasteiger partial charge in [-0.15, -0.1) is 0 Å². The molecule has 0 aromatic carbocycles. The number of ether oxygens (including phenoxy) is 1. The summed E-state index contributed by atoms with van der Waals surface area (Å²) in [4.78, 5) is 3.98. The third-order valence-electron chi connectivity index (χ3n) is 1.45. The average Bonchev–Trinajstić information content (AvgIpc) is 2.08. The molecule has 0 atom stereocenters. The predicted molar refractivity (Wildman–Crippen MR) is 50.2 cm³/mol. The molecule has 0 saturated heterocycles. The van der Waals surface area contributed by atoms with Crippen molar-refractivity contribution in [3.63, 3.8) is 0 Å². The van der Waals surface area contributed by atoms with Crippen LogP contribution in [0, 0.1) is 24.7 Å². The molecule has 0 aliphatic rings. The first kappa shape index (κ1) is 9.36. The topological polar surface area (TPSA) is 48.4 Å². The number of hydrogen-bond acceptors (Lipinski definition) is 4. The Labute approximate surface area is 76.7 Å². The van der Waals surface area contributed by atoms with Crippen molar-refractivity contribution in [2.24, 2.45) is 0 Å². The summed E-state index contributed by atoms with van der Waals surface area (Å²) in [6.45, 7) is 1.78. The van der Waals surface area contributed by atoms with Crippen molar-refractivity contribution in [2.75, 3.05) is 12.1 Å². The number of aromatic nitrogens is 1. The maximum absolute atomic E-state index is 11.0. The molecule has 0 bridgehead atoms. The summed E-state index contributed by atoms with van der Waals surface area (Å²) in [6.07, 6.45) is 6.94. The van der Waals surface area contributed by atoms with Gasteiger partial charge in [-0.25, -0.2) is 4.98 Å². The zero-order valence-corrected chi connectivity index (χ0v) is 7.44. The number of rotatable bonds is 2. The molecule has 0 saturated carbocycles. The second kappa shape index (κ2) is 3.78. The third-order valence-corrected chi connectivity index (χ3v) is 1.45. The van der Waals surface area contributed by atoms with E-state index in [-0.39, 0.29) is 5.82 Å². The van der Waals surface area contributed by atoms with Gasteiger partial charge >= 0.3 is 0 Å². The van der Waals surface area contributed by atoms with E-state index < -0.39 is 0 Å². The number of terminal acetylenes is 1. The first-order valence-electron chi connectivity index (χ1n) is 3.66. The van der Waals surface area contributed by atoms with Crippen molar-refractivity contribution < 1.29 is 4.74 Å². The van der Waals surface area contributed by atoms with Gasteiger partial charge in [0.2, 0.25) is 0 Å². The fourth-order valence-corrected chi connectivity index (χ4v) is 0.899. The molecule has 1 aromatic heterocycles. The number of pyridine rings is 1. The highest BCUT2D eigenvalue weighted by atomic mass is 16.5.